The Labute approximate surface area is 190 Å². The smallest absolute Gasteiger partial charge is 0.254 e. The molecule has 0 bridgehead atoms. The molecule has 2 atom stereocenters. The zero-order valence-corrected chi connectivity index (χ0v) is 18.8. The highest BCUT2D eigenvalue weighted by Gasteiger charge is 2.52. The van der Waals surface area contributed by atoms with Crippen LogP contribution in [0.25, 0.3) is 0 Å². The van der Waals surface area contributed by atoms with Gasteiger partial charge in [0.05, 0.1) is 17.7 Å². The van der Waals surface area contributed by atoms with Crippen LogP contribution in [-0.4, -0.2) is 72.8 Å². The van der Waals surface area contributed by atoms with Crippen LogP contribution in [0.3, 0.4) is 0 Å². The lowest BCUT2D eigenvalue weighted by Crippen LogP contribution is -2.51. The van der Waals surface area contributed by atoms with Gasteiger partial charge in [-0.2, -0.15) is 5.26 Å². The summed E-state index contributed by atoms with van der Waals surface area (Å²) in [6, 6.07) is 19.3. The lowest BCUT2D eigenvalue weighted by atomic mass is 9.71. The van der Waals surface area contributed by atoms with E-state index in [1.165, 1.54) is 5.56 Å². The highest BCUT2D eigenvalue weighted by Crippen LogP contribution is 2.46. The summed E-state index contributed by atoms with van der Waals surface area (Å²) >= 11 is 0. The number of nitriles is 1. The first-order valence-corrected chi connectivity index (χ1v) is 11.2. The van der Waals surface area contributed by atoms with Gasteiger partial charge in [-0.05, 0) is 50.7 Å². The maximum absolute atomic E-state index is 13.6. The van der Waals surface area contributed by atoms with Crippen molar-refractivity contribution in [1.29, 1.82) is 5.26 Å². The van der Waals surface area contributed by atoms with E-state index in [1.54, 1.807) is 24.3 Å². The van der Waals surface area contributed by atoms with Gasteiger partial charge >= 0.3 is 0 Å². The fraction of sp³-hybridized carbons (Fsp3) is 0.423. The molecule has 2 heterocycles. The number of amides is 2. The maximum atomic E-state index is 13.6. The van der Waals surface area contributed by atoms with E-state index in [4.69, 9.17) is 0 Å². The Bertz CT molecular complexity index is 1030. The second-order valence-corrected chi connectivity index (χ2v) is 9.12. The molecule has 2 amide bonds. The molecule has 2 aliphatic rings. The first-order chi connectivity index (χ1) is 15.4. The molecular weight excluding hydrogens is 400 g/mol. The lowest BCUT2D eigenvalue weighted by Gasteiger charge is -2.38. The Balaban J connectivity index is 1.72. The van der Waals surface area contributed by atoms with Crippen molar-refractivity contribution in [2.24, 2.45) is 0 Å². The first kappa shape index (κ1) is 22.0. The van der Waals surface area contributed by atoms with E-state index in [1.807, 2.05) is 42.1 Å². The molecule has 0 spiro atoms. The summed E-state index contributed by atoms with van der Waals surface area (Å²) in [4.78, 5) is 32.6. The average molecular weight is 431 g/mol. The zero-order valence-electron chi connectivity index (χ0n) is 18.8. The highest BCUT2D eigenvalue weighted by atomic mass is 16.2. The summed E-state index contributed by atoms with van der Waals surface area (Å²) in [6.45, 7) is 2.62. The van der Waals surface area contributed by atoms with E-state index in [9.17, 15) is 14.9 Å². The summed E-state index contributed by atoms with van der Waals surface area (Å²) in [5, 5.41) is 9.27. The average Bonchev–Trinajstić information content (AvgIpc) is 3.12. The lowest BCUT2D eigenvalue weighted by molar-refractivity contribution is -0.131. The summed E-state index contributed by atoms with van der Waals surface area (Å²) in [5.74, 6) is 0.0993. The largest absolute Gasteiger partial charge is 0.339 e. The number of benzene rings is 2. The van der Waals surface area contributed by atoms with Crippen LogP contribution in [0.15, 0.2) is 54.6 Å². The van der Waals surface area contributed by atoms with E-state index in [0.717, 1.165) is 19.4 Å². The van der Waals surface area contributed by atoms with Gasteiger partial charge in [0.15, 0.2) is 0 Å². The van der Waals surface area contributed by atoms with Gasteiger partial charge in [0.1, 0.15) is 0 Å². The molecular formula is C26H30N4O2. The van der Waals surface area contributed by atoms with Gasteiger partial charge in [0.2, 0.25) is 5.91 Å². The molecule has 0 aromatic heterocycles. The van der Waals surface area contributed by atoms with Crippen molar-refractivity contribution in [3.05, 3.63) is 71.3 Å². The Morgan fingerprint density at radius 2 is 1.94 bits per heavy atom. The normalized spacial score (nSPS) is 23.1. The topological polar surface area (TPSA) is 67.7 Å². The minimum Gasteiger partial charge on any atom is -0.339 e. The molecule has 0 aliphatic carbocycles. The van der Waals surface area contributed by atoms with Crippen molar-refractivity contribution < 1.29 is 9.59 Å². The summed E-state index contributed by atoms with van der Waals surface area (Å²) in [5.41, 5.74) is 1.97. The van der Waals surface area contributed by atoms with Crippen molar-refractivity contribution >= 4 is 11.8 Å². The summed E-state index contributed by atoms with van der Waals surface area (Å²) < 4.78 is 0. The third-order valence-electron chi connectivity index (χ3n) is 7.01. The third-order valence-corrected chi connectivity index (χ3v) is 7.01. The Morgan fingerprint density at radius 3 is 2.66 bits per heavy atom. The molecule has 6 nitrogen and oxygen atoms in total. The van der Waals surface area contributed by atoms with E-state index < -0.39 is 0 Å². The summed E-state index contributed by atoms with van der Waals surface area (Å²) in [6.07, 6.45) is 2.06. The predicted molar refractivity (Wildman–Crippen MR) is 123 cm³/mol. The van der Waals surface area contributed by atoms with Gasteiger partial charge in [0, 0.05) is 43.6 Å². The van der Waals surface area contributed by atoms with Crippen LogP contribution in [0.5, 0.6) is 0 Å². The van der Waals surface area contributed by atoms with Crippen LogP contribution in [0, 0.1) is 11.3 Å². The fourth-order valence-electron chi connectivity index (χ4n) is 5.22. The maximum Gasteiger partial charge on any atom is 0.254 e. The van der Waals surface area contributed by atoms with Gasteiger partial charge in [-0.15, -0.1) is 0 Å². The van der Waals surface area contributed by atoms with Gasteiger partial charge in [-0.25, -0.2) is 0 Å². The summed E-state index contributed by atoms with van der Waals surface area (Å²) in [7, 11) is 4.01. The molecule has 2 aromatic rings. The Hall–Kier alpha value is -3.17. The van der Waals surface area contributed by atoms with Crippen LogP contribution in [0.1, 0.15) is 40.7 Å². The van der Waals surface area contributed by atoms with Crippen molar-refractivity contribution in [2.75, 3.05) is 40.3 Å². The molecule has 166 valence electrons. The third kappa shape index (κ3) is 4.13. The van der Waals surface area contributed by atoms with Gasteiger partial charge in [0.25, 0.3) is 5.91 Å². The van der Waals surface area contributed by atoms with Crippen LogP contribution < -0.4 is 0 Å². The molecule has 2 saturated heterocycles. The van der Waals surface area contributed by atoms with Crippen molar-refractivity contribution in [1.82, 2.24) is 14.7 Å². The fourth-order valence-corrected chi connectivity index (χ4v) is 5.22. The number of carbonyl (C=O) groups is 2. The highest BCUT2D eigenvalue weighted by molar-refractivity contribution is 5.95. The van der Waals surface area contributed by atoms with Crippen molar-refractivity contribution in [2.45, 2.75) is 30.7 Å². The van der Waals surface area contributed by atoms with Crippen LogP contribution in [0.4, 0.5) is 0 Å². The quantitative estimate of drug-likeness (QED) is 0.732. The number of fused-ring (bicyclic) bond motifs is 1. The van der Waals surface area contributed by atoms with Gasteiger partial charge < -0.3 is 14.7 Å². The van der Waals surface area contributed by atoms with E-state index >= 15 is 0 Å². The monoisotopic (exact) mass is 430 g/mol. The molecule has 2 fully saturated rings. The second-order valence-electron chi connectivity index (χ2n) is 9.12. The van der Waals surface area contributed by atoms with Crippen molar-refractivity contribution in [3.8, 4) is 6.07 Å². The van der Waals surface area contributed by atoms with Crippen LogP contribution in [-0.2, 0) is 10.2 Å². The number of hydrogen-bond donors (Lipinski definition) is 0. The number of rotatable bonds is 5. The molecule has 0 unspecified atom stereocenters. The molecule has 2 aromatic carbocycles. The van der Waals surface area contributed by atoms with E-state index in [2.05, 4.69) is 23.1 Å². The van der Waals surface area contributed by atoms with Crippen LogP contribution >= 0.6 is 0 Å². The first-order valence-electron chi connectivity index (χ1n) is 11.2. The van der Waals surface area contributed by atoms with Gasteiger partial charge in [-0.3, -0.25) is 9.59 Å². The minimum absolute atomic E-state index is 0.0631. The van der Waals surface area contributed by atoms with Crippen molar-refractivity contribution in [3.63, 3.8) is 0 Å². The molecule has 6 heteroatoms. The number of nitrogens with zero attached hydrogens (tertiary/aromatic N) is 4. The predicted octanol–water partition coefficient (Wildman–Crippen LogP) is 2.89. The molecule has 2 aliphatic heterocycles. The molecule has 32 heavy (non-hydrogen) atoms. The number of hydrogen-bond acceptors (Lipinski definition) is 4. The SMILES string of the molecule is CN(C)CCN1C[C@H]2N(C(=O)c3cccc(C#N)c3)CC[C@@]2(c2ccccc2)CCC1=O. The molecule has 0 radical (unpaired) electrons. The van der Waals surface area contributed by atoms with E-state index in [-0.39, 0.29) is 23.3 Å². The Morgan fingerprint density at radius 1 is 1.16 bits per heavy atom. The standard InChI is InChI=1S/C26H30N4O2/c1-28(2)15-16-29-19-23-26(12-11-24(29)31,22-9-4-3-5-10-22)13-14-30(23)25(32)21-8-6-7-20(17-21)18-27/h3-10,17,23H,11-16,19H2,1-2H3/t23-,26-/m1/s1. The number of carbonyl (C=O) groups excluding carboxylic acids is 2. The minimum atomic E-state index is -0.244. The molecule has 0 N–H and O–H groups in total. The molecule has 0 saturated carbocycles. The van der Waals surface area contributed by atoms with E-state index in [0.29, 0.717) is 37.2 Å². The number of likely N-dealkylation sites (N-methyl/N-ethyl adjacent to an activating group) is 1. The number of likely N-dealkylation sites (tertiary alicyclic amines) is 2. The Kier molecular flexibility index (Phi) is 6.29. The zero-order chi connectivity index (χ0) is 22.7. The second kappa shape index (κ2) is 9.13. The van der Waals surface area contributed by atoms with Crippen LogP contribution in [0.2, 0.25) is 0 Å². The molecule has 4 rings (SSSR count). The van der Waals surface area contributed by atoms with Gasteiger partial charge in [-0.1, -0.05) is 36.4 Å².